The van der Waals surface area contributed by atoms with Crippen molar-refractivity contribution in [3.05, 3.63) is 22.8 Å². The van der Waals surface area contributed by atoms with E-state index in [4.69, 9.17) is 21.6 Å². The first-order valence-electron chi connectivity index (χ1n) is 4.98. The fourth-order valence-electron chi connectivity index (χ4n) is 1.35. The number of rotatable bonds is 4. The van der Waals surface area contributed by atoms with Gasteiger partial charge in [0.1, 0.15) is 5.15 Å². The average Bonchev–Trinajstić information content (AvgIpc) is 3.01. The molecule has 1 aliphatic rings. The first-order valence-corrected chi connectivity index (χ1v) is 5.36. The molecule has 0 N–H and O–H groups in total. The lowest BCUT2D eigenvalue weighted by molar-refractivity contribution is 0.291. The molecule has 78 valence electrons. The molecule has 0 aliphatic heterocycles. The zero-order valence-corrected chi connectivity index (χ0v) is 9.00. The third kappa shape index (κ3) is 3.10. The molecule has 3 nitrogen and oxygen atoms in total. The van der Waals surface area contributed by atoms with Crippen LogP contribution < -0.4 is 4.74 Å². The minimum atomic E-state index is 0.301. The van der Waals surface area contributed by atoms with Crippen LogP contribution in [0.2, 0.25) is 5.15 Å². The predicted molar refractivity (Wildman–Crippen MR) is 56.8 cm³/mol. The van der Waals surface area contributed by atoms with Gasteiger partial charge in [-0.3, -0.25) is 0 Å². The molecule has 0 aromatic carbocycles. The first-order chi connectivity index (χ1) is 7.28. The molecule has 0 radical (unpaired) electrons. The SMILES string of the molecule is N#Cc1cc(Cl)nc(OCCC2CC2)c1. The van der Waals surface area contributed by atoms with Gasteiger partial charge in [-0.2, -0.15) is 5.26 Å². The quantitative estimate of drug-likeness (QED) is 0.736. The number of nitrogens with zero attached hydrogens (tertiary/aromatic N) is 2. The summed E-state index contributed by atoms with van der Waals surface area (Å²) in [6, 6.07) is 5.15. The topological polar surface area (TPSA) is 45.9 Å². The average molecular weight is 223 g/mol. The lowest BCUT2D eigenvalue weighted by Gasteiger charge is -2.04. The lowest BCUT2D eigenvalue weighted by atomic mass is 10.3. The summed E-state index contributed by atoms with van der Waals surface area (Å²) >= 11 is 5.74. The van der Waals surface area contributed by atoms with E-state index in [-0.39, 0.29) is 0 Å². The van der Waals surface area contributed by atoms with E-state index in [0.717, 1.165) is 12.3 Å². The molecule has 4 heteroatoms. The van der Waals surface area contributed by atoms with Crippen molar-refractivity contribution in [2.24, 2.45) is 5.92 Å². The van der Waals surface area contributed by atoms with Crippen LogP contribution in [0.25, 0.3) is 0 Å². The van der Waals surface area contributed by atoms with Crippen molar-refractivity contribution in [2.45, 2.75) is 19.3 Å². The summed E-state index contributed by atoms with van der Waals surface area (Å²) in [5, 5.41) is 9.02. The smallest absolute Gasteiger partial charge is 0.215 e. The van der Waals surface area contributed by atoms with Crippen molar-refractivity contribution in [3.8, 4) is 11.9 Å². The van der Waals surface area contributed by atoms with Crippen LogP contribution in [0, 0.1) is 17.2 Å². The third-order valence-electron chi connectivity index (χ3n) is 2.37. The Bertz CT molecular complexity index is 396. The van der Waals surface area contributed by atoms with E-state index in [2.05, 4.69) is 4.98 Å². The monoisotopic (exact) mass is 222 g/mol. The van der Waals surface area contributed by atoms with Crippen LogP contribution in [0.1, 0.15) is 24.8 Å². The summed E-state index contributed by atoms with van der Waals surface area (Å²) in [7, 11) is 0. The highest BCUT2D eigenvalue weighted by molar-refractivity contribution is 6.29. The van der Waals surface area contributed by atoms with E-state index in [9.17, 15) is 0 Å². The van der Waals surface area contributed by atoms with Gasteiger partial charge in [-0.1, -0.05) is 24.4 Å². The van der Waals surface area contributed by atoms with Gasteiger partial charge in [0.15, 0.2) is 0 Å². The molecule has 0 atom stereocenters. The maximum absolute atomic E-state index is 8.72. The van der Waals surface area contributed by atoms with E-state index in [0.29, 0.717) is 23.2 Å². The fourth-order valence-corrected chi connectivity index (χ4v) is 1.55. The van der Waals surface area contributed by atoms with Crippen LogP contribution in [0.4, 0.5) is 0 Å². The van der Waals surface area contributed by atoms with Gasteiger partial charge in [0.25, 0.3) is 0 Å². The maximum Gasteiger partial charge on any atom is 0.215 e. The molecule has 0 bridgehead atoms. The van der Waals surface area contributed by atoms with Crippen molar-refractivity contribution in [3.63, 3.8) is 0 Å². The van der Waals surface area contributed by atoms with Gasteiger partial charge >= 0.3 is 0 Å². The lowest BCUT2D eigenvalue weighted by Crippen LogP contribution is -2.00. The molecule has 1 fully saturated rings. The Balaban J connectivity index is 1.94. The van der Waals surface area contributed by atoms with Gasteiger partial charge < -0.3 is 4.74 Å². The summed E-state index contributed by atoms with van der Waals surface area (Å²) in [5.74, 6) is 1.28. The molecule has 0 saturated heterocycles. The number of nitriles is 1. The second kappa shape index (κ2) is 4.50. The van der Waals surface area contributed by atoms with Gasteiger partial charge in [-0.15, -0.1) is 0 Å². The Labute approximate surface area is 93.6 Å². The van der Waals surface area contributed by atoms with Crippen molar-refractivity contribution >= 4 is 11.6 Å². The van der Waals surface area contributed by atoms with Crippen LogP contribution in [-0.2, 0) is 0 Å². The van der Waals surface area contributed by atoms with E-state index in [1.807, 2.05) is 6.07 Å². The van der Waals surface area contributed by atoms with Crippen LogP contribution in [0.15, 0.2) is 12.1 Å². The maximum atomic E-state index is 8.72. The van der Waals surface area contributed by atoms with Gasteiger partial charge in [0, 0.05) is 6.07 Å². The van der Waals surface area contributed by atoms with E-state index >= 15 is 0 Å². The van der Waals surface area contributed by atoms with Crippen molar-refractivity contribution < 1.29 is 4.74 Å². The van der Waals surface area contributed by atoms with Crippen LogP contribution in [0.5, 0.6) is 5.88 Å². The Kier molecular flexibility index (Phi) is 3.08. The molecule has 1 aromatic rings. The van der Waals surface area contributed by atoms with Gasteiger partial charge in [-0.05, 0) is 18.4 Å². The van der Waals surface area contributed by atoms with E-state index in [1.165, 1.54) is 18.9 Å². The predicted octanol–water partition coefficient (Wildman–Crippen LogP) is 2.79. The van der Waals surface area contributed by atoms with E-state index < -0.39 is 0 Å². The molecule has 15 heavy (non-hydrogen) atoms. The molecular formula is C11H11ClN2O. The molecular weight excluding hydrogens is 212 g/mol. The van der Waals surface area contributed by atoms with Crippen molar-refractivity contribution in [1.82, 2.24) is 4.98 Å². The largest absolute Gasteiger partial charge is 0.478 e. The molecule has 0 unspecified atom stereocenters. The summed E-state index contributed by atoms with van der Waals surface area (Å²) in [5.41, 5.74) is 0.483. The summed E-state index contributed by atoms with van der Waals surface area (Å²) in [6.45, 7) is 0.656. The van der Waals surface area contributed by atoms with Crippen LogP contribution in [0.3, 0.4) is 0 Å². The summed E-state index contributed by atoms with van der Waals surface area (Å²) in [4.78, 5) is 3.99. The zero-order valence-electron chi connectivity index (χ0n) is 8.24. The number of hydrogen-bond donors (Lipinski definition) is 0. The zero-order chi connectivity index (χ0) is 10.7. The molecule has 1 aromatic heterocycles. The van der Waals surface area contributed by atoms with Crippen molar-refractivity contribution in [2.75, 3.05) is 6.61 Å². The molecule has 1 aliphatic carbocycles. The van der Waals surface area contributed by atoms with Crippen LogP contribution in [-0.4, -0.2) is 11.6 Å². The minimum absolute atomic E-state index is 0.301. The third-order valence-corrected chi connectivity index (χ3v) is 2.57. The number of pyridine rings is 1. The Hall–Kier alpha value is -1.27. The Morgan fingerprint density at radius 3 is 3.00 bits per heavy atom. The second-order valence-corrected chi connectivity index (χ2v) is 4.10. The normalized spacial score (nSPS) is 14.7. The molecule has 1 saturated carbocycles. The number of aromatic nitrogens is 1. The highest BCUT2D eigenvalue weighted by atomic mass is 35.5. The first kappa shape index (κ1) is 10.3. The highest BCUT2D eigenvalue weighted by Gasteiger charge is 2.20. The molecule has 1 heterocycles. The van der Waals surface area contributed by atoms with Gasteiger partial charge in [0.2, 0.25) is 5.88 Å². The van der Waals surface area contributed by atoms with E-state index in [1.54, 1.807) is 6.07 Å². The highest BCUT2D eigenvalue weighted by Crippen LogP contribution is 2.32. The standard InChI is InChI=1S/C11H11ClN2O/c12-10-5-9(7-13)6-11(14-10)15-4-3-8-1-2-8/h5-6,8H,1-4H2. The number of hydrogen-bond acceptors (Lipinski definition) is 3. The summed E-state index contributed by atoms with van der Waals surface area (Å²) in [6.07, 6.45) is 3.70. The van der Waals surface area contributed by atoms with Crippen LogP contribution >= 0.6 is 11.6 Å². The number of halogens is 1. The molecule has 0 amide bonds. The molecule has 0 spiro atoms. The number of ether oxygens (including phenoxy) is 1. The Morgan fingerprint density at radius 1 is 1.53 bits per heavy atom. The van der Waals surface area contributed by atoms with Crippen molar-refractivity contribution in [1.29, 1.82) is 5.26 Å². The fraction of sp³-hybridized carbons (Fsp3) is 0.455. The second-order valence-electron chi connectivity index (χ2n) is 3.71. The van der Waals surface area contributed by atoms with Gasteiger partial charge in [0.05, 0.1) is 18.2 Å². The molecule has 2 rings (SSSR count). The minimum Gasteiger partial charge on any atom is -0.478 e. The van der Waals surface area contributed by atoms with Gasteiger partial charge in [-0.25, -0.2) is 4.98 Å². The summed E-state index contributed by atoms with van der Waals surface area (Å²) < 4.78 is 5.43. The Morgan fingerprint density at radius 2 is 2.33 bits per heavy atom.